The zero-order chi connectivity index (χ0) is 13.8. The first-order valence-electron chi connectivity index (χ1n) is 6.34. The van der Waals surface area contributed by atoms with Crippen LogP contribution in [0.2, 0.25) is 0 Å². The van der Waals surface area contributed by atoms with Crippen LogP contribution < -0.4 is 5.32 Å². The van der Waals surface area contributed by atoms with Crippen molar-refractivity contribution in [2.45, 2.75) is 32.1 Å². The van der Waals surface area contributed by atoms with Crippen molar-refractivity contribution in [2.24, 2.45) is 5.92 Å². The topological polar surface area (TPSA) is 66.4 Å². The van der Waals surface area contributed by atoms with Crippen LogP contribution in [0.5, 0.6) is 0 Å². The third-order valence-electron chi connectivity index (χ3n) is 3.16. The maximum absolute atomic E-state index is 13.6. The SMILES string of the molecule is O=C(O)Cc1ccc(NC(=O)CCC2CC2)cc1F. The summed E-state index contributed by atoms with van der Waals surface area (Å²) in [4.78, 5) is 22.1. The second kappa shape index (κ2) is 5.82. The average Bonchev–Trinajstić information content (AvgIpc) is 3.13. The van der Waals surface area contributed by atoms with E-state index in [2.05, 4.69) is 5.32 Å². The van der Waals surface area contributed by atoms with E-state index in [1.807, 2.05) is 0 Å². The summed E-state index contributed by atoms with van der Waals surface area (Å²) < 4.78 is 13.6. The molecule has 0 unspecified atom stereocenters. The van der Waals surface area contributed by atoms with E-state index in [1.165, 1.54) is 25.0 Å². The number of carboxylic acids is 1. The molecule has 19 heavy (non-hydrogen) atoms. The Balaban J connectivity index is 1.90. The van der Waals surface area contributed by atoms with E-state index in [4.69, 9.17) is 5.11 Å². The first kappa shape index (κ1) is 13.5. The minimum absolute atomic E-state index is 0.114. The third-order valence-corrected chi connectivity index (χ3v) is 3.16. The lowest BCUT2D eigenvalue weighted by Gasteiger charge is -2.07. The fourth-order valence-electron chi connectivity index (χ4n) is 1.90. The van der Waals surface area contributed by atoms with Gasteiger partial charge in [0, 0.05) is 12.1 Å². The van der Waals surface area contributed by atoms with Crippen molar-refractivity contribution in [3.8, 4) is 0 Å². The molecular weight excluding hydrogens is 249 g/mol. The molecule has 0 bridgehead atoms. The van der Waals surface area contributed by atoms with Crippen molar-refractivity contribution in [1.29, 1.82) is 0 Å². The summed E-state index contributed by atoms with van der Waals surface area (Å²) in [5.41, 5.74) is 0.482. The van der Waals surface area contributed by atoms with Gasteiger partial charge in [0.05, 0.1) is 6.42 Å². The first-order valence-corrected chi connectivity index (χ1v) is 6.34. The van der Waals surface area contributed by atoms with Crippen molar-refractivity contribution in [3.05, 3.63) is 29.6 Å². The lowest BCUT2D eigenvalue weighted by molar-refractivity contribution is -0.136. The number of amides is 1. The normalized spacial score (nSPS) is 14.2. The molecule has 1 aromatic rings. The van der Waals surface area contributed by atoms with Crippen LogP contribution >= 0.6 is 0 Å². The Morgan fingerprint density at radius 3 is 2.68 bits per heavy atom. The molecule has 0 radical (unpaired) electrons. The minimum atomic E-state index is -1.08. The van der Waals surface area contributed by atoms with Gasteiger partial charge >= 0.3 is 5.97 Å². The second-order valence-electron chi connectivity index (χ2n) is 4.91. The highest BCUT2D eigenvalue weighted by Crippen LogP contribution is 2.33. The summed E-state index contributed by atoms with van der Waals surface area (Å²) >= 11 is 0. The summed E-state index contributed by atoms with van der Waals surface area (Å²) in [6.45, 7) is 0. The Morgan fingerprint density at radius 1 is 1.37 bits per heavy atom. The van der Waals surface area contributed by atoms with Gasteiger partial charge in [-0.3, -0.25) is 9.59 Å². The predicted octanol–water partition coefficient (Wildman–Crippen LogP) is 2.58. The summed E-state index contributed by atoms with van der Waals surface area (Å²) in [6.07, 6.45) is 3.37. The number of halogens is 1. The second-order valence-corrected chi connectivity index (χ2v) is 4.91. The van der Waals surface area contributed by atoms with Crippen molar-refractivity contribution in [2.75, 3.05) is 5.32 Å². The quantitative estimate of drug-likeness (QED) is 0.830. The molecule has 0 heterocycles. The number of nitrogens with one attached hydrogen (secondary N) is 1. The molecule has 1 saturated carbocycles. The van der Waals surface area contributed by atoms with Crippen LogP contribution in [-0.2, 0) is 16.0 Å². The molecule has 4 nitrogen and oxygen atoms in total. The highest BCUT2D eigenvalue weighted by atomic mass is 19.1. The molecule has 1 amide bonds. The lowest BCUT2D eigenvalue weighted by Crippen LogP contribution is -2.12. The van der Waals surface area contributed by atoms with Crippen LogP contribution in [0.15, 0.2) is 18.2 Å². The first-order chi connectivity index (χ1) is 9.04. The maximum Gasteiger partial charge on any atom is 0.307 e. The van der Waals surface area contributed by atoms with Crippen LogP contribution in [0.1, 0.15) is 31.2 Å². The van der Waals surface area contributed by atoms with E-state index >= 15 is 0 Å². The molecule has 1 fully saturated rings. The van der Waals surface area contributed by atoms with E-state index in [1.54, 1.807) is 0 Å². The van der Waals surface area contributed by atoms with E-state index < -0.39 is 11.8 Å². The van der Waals surface area contributed by atoms with E-state index in [0.717, 1.165) is 12.5 Å². The summed E-state index contributed by atoms with van der Waals surface area (Å²) in [5.74, 6) is -1.14. The van der Waals surface area contributed by atoms with Crippen molar-refractivity contribution < 1.29 is 19.1 Å². The average molecular weight is 265 g/mol. The van der Waals surface area contributed by atoms with E-state index in [-0.39, 0.29) is 17.9 Å². The van der Waals surface area contributed by atoms with Gasteiger partial charge in [-0.25, -0.2) is 4.39 Å². The molecule has 2 rings (SSSR count). The van der Waals surface area contributed by atoms with Crippen LogP contribution in [0, 0.1) is 11.7 Å². The van der Waals surface area contributed by atoms with Gasteiger partial charge < -0.3 is 10.4 Å². The third kappa shape index (κ3) is 4.35. The van der Waals surface area contributed by atoms with E-state index in [0.29, 0.717) is 18.0 Å². The fraction of sp³-hybridized carbons (Fsp3) is 0.429. The molecule has 1 aliphatic rings. The Labute approximate surface area is 110 Å². The molecule has 1 aliphatic carbocycles. The van der Waals surface area contributed by atoms with Gasteiger partial charge in [-0.2, -0.15) is 0 Å². The molecular formula is C14H16FNO3. The van der Waals surface area contributed by atoms with Crippen LogP contribution in [0.3, 0.4) is 0 Å². The number of carboxylic acid groups (broad SMARTS) is 1. The van der Waals surface area contributed by atoms with Gasteiger partial charge in [0.15, 0.2) is 0 Å². The lowest BCUT2D eigenvalue weighted by atomic mass is 10.1. The number of carbonyl (C=O) groups excluding carboxylic acids is 1. The zero-order valence-electron chi connectivity index (χ0n) is 10.5. The number of anilines is 1. The highest BCUT2D eigenvalue weighted by Gasteiger charge is 2.21. The van der Waals surface area contributed by atoms with Gasteiger partial charge in [-0.15, -0.1) is 0 Å². The number of hydrogen-bond acceptors (Lipinski definition) is 2. The monoisotopic (exact) mass is 265 g/mol. The molecule has 102 valence electrons. The molecule has 5 heteroatoms. The number of carbonyl (C=O) groups is 2. The van der Waals surface area contributed by atoms with Crippen LogP contribution in [0.25, 0.3) is 0 Å². The number of hydrogen-bond donors (Lipinski definition) is 2. The van der Waals surface area contributed by atoms with Crippen molar-refractivity contribution in [1.82, 2.24) is 0 Å². The zero-order valence-corrected chi connectivity index (χ0v) is 10.5. The maximum atomic E-state index is 13.6. The molecule has 0 spiro atoms. The van der Waals surface area contributed by atoms with Gasteiger partial charge in [0.2, 0.25) is 5.91 Å². The Bertz CT molecular complexity index is 497. The highest BCUT2D eigenvalue weighted by molar-refractivity contribution is 5.90. The molecule has 0 atom stereocenters. The number of aliphatic carboxylic acids is 1. The summed E-state index contributed by atoms with van der Waals surface area (Å²) in [6, 6.07) is 4.07. The minimum Gasteiger partial charge on any atom is -0.481 e. The van der Waals surface area contributed by atoms with Crippen molar-refractivity contribution in [3.63, 3.8) is 0 Å². The molecule has 0 saturated heterocycles. The molecule has 0 aromatic heterocycles. The molecule has 0 aliphatic heterocycles. The predicted molar refractivity (Wildman–Crippen MR) is 68.3 cm³/mol. The van der Waals surface area contributed by atoms with E-state index in [9.17, 15) is 14.0 Å². The molecule has 1 aromatic carbocycles. The van der Waals surface area contributed by atoms with Crippen molar-refractivity contribution >= 4 is 17.6 Å². The summed E-state index contributed by atoms with van der Waals surface area (Å²) in [5, 5.41) is 11.2. The Hall–Kier alpha value is -1.91. The summed E-state index contributed by atoms with van der Waals surface area (Å²) in [7, 11) is 0. The van der Waals surface area contributed by atoms with Gasteiger partial charge in [-0.1, -0.05) is 18.9 Å². The van der Waals surface area contributed by atoms with Crippen LogP contribution in [-0.4, -0.2) is 17.0 Å². The molecule has 2 N–H and O–H groups in total. The Kier molecular flexibility index (Phi) is 4.14. The smallest absolute Gasteiger partial charge is 0.307 e. The standard InChI is InChI=1S/C14H16FNO3/c15-12-8-11(5-4-10(12)7-14(18)19)16-13(17)6-3-9-1-2-9/h4-5,8-9H,1-3,6-7H2,(H,16,17)(H,18,19). The van der Waals surface area contributed by atoms with Gasteiger partial charge in [0.1, 0.15) is 5.82 Å². The largest absolute Gasteiger partial charge is 0.481 e. The fourth-order valence-corrected chi connectivity index (χ4v) is 1.90. The van der Waals surface area contributed by atoms with Crippen LogP contribution in [0.4, 0.5) is 10.1 Å². The number of rotatable bonds is 6. The van der Waals surface area contributed by atoms with Gasteiger partial charge in [-0.05, 0) is 30.0 Å². The van der Waals surface area contributed by atoms with Gasteiger partial charge in [0.25, 0.3) is 0 Å². The Morgan fingerprint density at radius 2 is 2.11 bits per heavy atom. The number of benzene rings is 1.